The summed E-state index contributed by atoms with van der Waals surface area (Å²) in [5.41, 5.74) is 5.47. The van der Waals surface area contributed by atoms with Gasteiger partial charge in [-0.1, -0.05) is 0 Å². The number of furan rings is 1. The number of aliphatic hydroxyl groups excluding tert-OH is 1. The molecule has 100 valence electrons. The van der Waals surface area contributed by atoms with E-state index >= 15 is 0 Å². The first-order chi connectivity index (χ1) is 8.76. The summed E-state index contributed by atoms with van der Waals surface area (Å²) in [5.74, 6) is 0.877. The van der Waals surface area contributed by atoms with Gasteiger partial charge in [0, 0.05) is 19.2 Å². The highest BCUT2D eigenvalue weighted by atomic mass is 16.4. The molecule has 2 rings (SSSR count). The second kappa shape index (κ2) is 6.02. The third-order valence-electron chi connectivity index (χ3n) is 3.42. The van der Waals surface area contributed by atoms with Gasteiger partial charge in [-0.15, -0.1) is 0 Å². The minimum absolute atomic E-state index is 0.0900. The van der Waals surface area contributed by atoms with Crippen LogP contribution in [0.2, 0.25) is 0 Å². The Morgan fingerprint density at radius 1 is 1.50 bits per heavy atom. The molecule has 0 bridgehead atoms. The van der Waals surface area contributed by atoms with Crippen LogP contribution >= 0.6 is 0 Å². The number of carbonyl (C=O) groups excluding carboxylic acids is 1. The Labute approximate surface area is 107 Å². The van der Waals surface area contributed by atoms with Crippen molar-refractivity contribution in [1.82, 2.24) is 4.90 Å². The molecule has 0 saturated carbocycles. The highest BCUT2D eigenvalue weighted by molar-refractivity contribution is 5.91. The maximum atomic E-state index is 12.3. The van der Waals surface area contributed by atoms with Crippen LogP contribution in [0, 0.1) is 0 Å². The predicted octanol–water partition coefficient (Wildman–Crippen LogP) is 1.12. The van der Waals surface area contributed by atoms with Crippen molar-refractivity contribution >= 4 is 5.91 Å². The van der Waals surface area contributed by atoms with Crippen molar-refractivity contribution in [3.8, 4) is 0 Å². The van der Waals surface area contributed by atoms with Gasteiger partial charge in [0.25, 0.3) is 5.91 Å². The fraction of sp³-hybridized carbons (Fsp3) is 0.615. The topological polar surface area (TPSA) is 79.7 Å². The average molecular weight is 252 g/mol. The Bertz CT molecular complexity index is 401. The summed E-state index contributed by atoms with van der Waals surface area (Å²) < 4.78 is 5.40. The summed E-state index contributed by atoms with van der Waals surface area (Å²) in [6, 6.07) is 3.54. The molecular weight excluding hydrogens is 232 g/mol. The van der Waals surface area contributed by atoms with Crippen LogP contribution in [0.25, 0.3) is 0 Å². The molecule has 3 N–H and O–H groups in total. The number of aliphatic hydroxyl groups is 1. The molecule has 18 heavy (non-hydrogen) atoms. The second-order valence-electron chi connectivity index (χ2n) is 4.63. The molecule has 0 aliphatic carbocycles. The van der Waals surface area contributed by atoms with Crippen molar-refractivity contribution in [3.63, 3.8) is 0 Å². The van der Waals surface area contributed by atoms with E-state index in [9.17, 15) is 4.79 Å². The Balaban J connectivity index is 2.10. The van der Waals surface area contributed by atoms with E-state index in [0.717, 1.165) is 25.8 Å². The van der Waals surface area contributed by atoms with E-state index in [4.69, 9.17) is 15.3 Å². The normalized spacial score (nSPS) is 20.1. The van der Waals surface area contributed by atoms with Gasteiger partial charge in [-0.25, -0.2) is 0 Å². The van der Waals surface area contributed by atoms with Gasteiger partial charge in [-0.05, 0) is 37.8 Å². The van der Waals surface area contributed by atoms with E-state index in [2.05, 4.69) is 0 Å². The average Bonchev–Trinajstić information content (AvgIpc) is 2.88. The minimum Gasteiger partial charge on any atom is -0.455 e. The van der Waals surface area contributed by atoms with Crippen molar-refractivity contribution < 1.29 is 14.3 Å². The summed E-state index contributed by atoms with van der Waals surface area (Å²) in [7, 11) is 0. The third-order valence-corrected chi connectivity index (χ3v) is 3.42. The van der Waals surface area contributed by atoms with Gasteiger partial charge >= 0.3 is 0 Å². The van der Waals surface area contributed by atoms with Crippen molar-refractivity contribution in [2.75, 3.05) is 13.2 Å². The molecule has 1 unspecified atom stereocenters. The van der Waals surface area contributed by atoms with E-state index in [-0.39, 0.29) is 18.6 Å². The van der Waals surface area contributed by atoms with Gasteiger partial charge in [0.1, 0.15) is 5.76 Å². The Morgan fingerprint density at radius 3 is 3.00 bits per heavy atom. The van der Waals surface area contributed by atoms with Crippen LogP contribution in [0.1, 0.15) is 42.0 Å². The number of nitrogens with two attached hydrogens (primary N) is 1. The summed E-state index contributed by atoms with van der Waals surface area (Å²) in [4.78, 5) is 14.1. The lowest BCUT2D eigenvalue weighted by Gasteiger charge is -2.34. The lowest BCUT2D eigenvalue weighted by molar-refractivity contribution is 0.0541. The molecule has 5 nitrogen and oxygen atoms in total. The standard InChI is InChI=1S/C13H20N2O3/c14-9-11-4-5-12(18-11)13(17)15-7-2-1-3-10(15)6-8-16/h4-5,10,16H,1-3,6-9,14H2. The summed E-state index contributed by atoms with van der Waals surface area (Å²) >= 11 is 0. The zero-order valence-electron chi connectivity index (χ0n) is 10.5. The molecule has 1 aromatic heterocycles. The Morgan fingerprint density at radius 2 is 2.33 bits per heavy atom. The van der Waals surface area contributed by atoms with Crippen molar-refractivity contribution in [3.05, 3.63) is 23.7 Å². The molecule has 1 atom stereocenters. The minimum atomic E-state index is -0.0900. The number of carbonyl (C=O) groups is 1. The maximum absolute atomic E-state index is 12.3. The smallest absolute Gasteiger partial charge is 0.289 e. The Hall–Kier alpha value is -1.33. The van der Waals surface area contributed by atoms with Gasteiger partial charge in [0.2, 0.25) is 0 Å². The van der Waals surface area contributed by atoms with Crippen LogP contribution in [-0.2, 0) is 6.54 Å². The third kappa shape index (κ3) is 2.73. The molecule has 0 spiro atoms. The molecule has 1 aromatic rings. The molecule has 5 heteroatoms. The molecule has 1 amide bonds. The molecule has 2 heterocycles. The van der Waals surface area contributed by atoms with Gasteiger partial charge < -0.3 is 20.2 Å². The van der Waals surface area contributed by atoms with Crippen molar-refractivity contribution in [2.24, 2.45) is 5.73 Å². The molecule has 1 aliphatic heterocycles. The van der Waals surface area contributed by atoms with Gasteiger partial charge in [0.15, 0.2) is 5.76 Å². The predicted molar refractivity (Wildman–Crippen MR) is 67.0 cm³/mol. The molecule has 0 radical (unpaired) electrons. The number of hydrogen-bond donors (Lipinski definition) is 2. The van der Waals surface area contributed by atoms with E-state index in [0.29, 0.717) is 24.5 Å². The molecule has 1 aliphatic rings. The highest BCUT2D eigenvalue weighted by Gasteiger charge is 2.28. The summed E-state index contributed by atoms with van der Waals surface area (Å²) in [5, 5.41) is 9.05. The fourth-order valence-electron chi connectivity index (χ4n) is 2.46. The summed E-state index contributed by atoms with van der Waals surface area (Å²) in [6.45, 7) is 1.15. The number of amides is 1. The van der Waals surface area contributed by atoms with Crippen molar-refractivity contribution in [2.45, 2.75) is 38.3 Å². The highest BCUT2D eigenvalue weighted by Crippen LogP contribution is 2.22. The SMILES string of the molecule is NCc1ccc(C(=O)N2CCCCC2CCO)o1. The zero-order valence-corrected chi connectivity index (χ0v) is 10.5. The van der Waals surface area contributed by atoms with Gasteiger partial charge in [-0.2, -0.15) is 0 Å². The molecule has 0 aromatic carbocycles. The molecule has 1 fully saturated rings. The van der Waals surface area contributed by atoms with E-state index < -0.39 is 0 Å². The monoisotopic (exact) mass is 252 g/mol. The Kier molecular flexibility index (Phi) is 4.38. The second-order valence-corrected chi connectivity index (χ2v) is 4.63. The van der Waals surface area contributed by atoms with Gasteiger partial charge in [-0.3, -0.25) is 4.79 Å². The van der Waals surface area contributed by atoms with Crippen LogP contribution in [0.15, 0.2) is 16.5 Å². The summed E-state index contributed by atoms with van der Waals surface area (Å²) in [6.07, 6.45) is 3.71. The fourth-order valence-corrected chi connectivity index (χ4v) is 2.46. The first kappa shape index (κ1) is 13.1. The first-order valence-electron chi connectivity index (χ1n) is 6.47. The van der Waals surface area contributed by atoms with Crippen LogP contribution in [0.4, 0.5) is 0 Å². The van der Waals surface area contributed by atoms with E-state index in [1.54, 1.807) is 12.1 Å². The number of nitrogens with zero attached hydrogens (tertiary/aromatic N) is 1. The lowest BCUT2D eigenvalue weighted by atomic mass is 9.99. The largest absolute Gasteiger partial charge is 0.455 e. The van der Waals surface area contributed by atoms with Crippen LogP contribution in [-0.4, -0.2) is 35.1 Å². The number of likely N-dealkylation sites (tertiary alicyclic amines) is 1. The lowest BCUT2D eigenvalue weighted by Crippen LogP contribution is -2.44. The number of rotatable bonds is 4. The van der Waals surface area contributed by atoms with Gasteiger partial charge in [0.05, 0.1) is 6.54 Å². The first-order valence-corrected chi connectivity index (χ1v) is 6.47. The quantitative estimate of drug-likeness (QED) is 0.841. The number of piperidine rings is 1. The van der Waals surface area contributed by atoms with Crippen LogP contribution in [0.3, 0.4) is 0 Å². The molecule has 1 saturated heterocycles. The van der Waals surface area contributed by atoms with Crippen LogP contribution in [0.5, 0.6) is 0 Å². The zero-order chi connectivity index (χ0) is 13.0. The van der Waals surface area contributed by atoms with E-state index in [1.807, 2.05) is 4.90 Å². The van der Waals surface area contributed by atoms with Crippen molar-refractivity contribution in [1.29, 1.82) is 0 Å². The number of hydrogen-bond acceptors (Lipinski definition) is 4. The van der Waals surface area contributed by atoms with E-state index in [1.165, 1.54) is 0 Å². The van der Waals surface area contributed by atoms with Crippen LogP contribution < -0.4 is 5.73 Å². The molecular formula is C13H20N2O3. The maximum Gasteiger partial charge on any atom is 0.289 e.